The number of nitrogens with one attached hydrogen (secondary N) is 1. The fourth-order valence-electron chi connectivity index (χ4n) is 2.39. The van der Waals surface area contributed by atoms with Gasteiger partial charge in [0.1, 0.15) is 0 Å². The predicted octanol–water partition coefficient (Wildman–Crippen LogP) is 0.371. The van der Waals surface area contributed by atoms with Crippen molar-refractivity contribution in [1.82, 2.24) is 10.2 Å². The van der Waals surface area contributed by atoms with E-state index in [2.05, 4.69) is 24.1 Å². The van der Waals surface area contributed by atoms with Gasteiger partial charge < -0.3 is 5.32 Å². The molecular formula is C11H20N2O2S. The van der Waals surface area contributed by atoms with Gasteiger partial charge in [0, 0.05) is 36.6 Å². The predicted molar refractivity (Wildman–Crippen MR) is 65.0 cm³/mol. The first-order valence-corrected chi connectivity index (χ1v) is 7.56. The Morgan fingerprint density at radius 3 is 2.88 bits per heavy atom. The summed E-state index contributed by atoms with van der Waals surface area (Å²) in [5.41, 5.74) is 0.123. The summed E-state index contributed by atoms with van der Waals surface area (Å²) >= 11 is 0. The molecule has 2 atom stereocenters. The molecule has 0 aromatic rings. The van der Waals surface area contributed by atoms with Crippen molar-refractivity contribution in [3.63, 3.8) is 0 Å². The van der Waals surface area contributed by atoms with Crippen LogP contribution in [0.2, 0.25) is 0 Å². The van der Waals surface area contributed by atoms with Gasteiger partial charge in [0.15, 0.2) is 9.84 Å². The summed E-state index contributed by atoms with van der Waals surface area (Å²) in [5, 5.41) is 4.87. The zero-order valence-electron chi connectivity index (χ0n) is 9.94. The number of sulfone groups is 1. The van der Waals surface area contributed by atoms with Crippen LogP contribution in [-0.2, 0) is 9.84 Å². The molecule has 2 aliphatic heterocycles. The molecule has 2 rings (SSSR count). The molecule has 5 heteroatoms. The van der Waals surface area contributed by atoms with E-state index < -0.39 is 9.84 Å². The van der Waals surface area contributed by atoms with Gasteiger partial charge in [0.05, 0.1) is 5.75 Å². The number of piperazine rings is 1. The van der Waals surface area contributed by atoms with E-state index in [9.17, 15) is 8.42 Å². The number of hydrogen-bond acceptors (Lipinski definition) is 4. The van der Waals surface area contributed by atoms with Crippen LogP contribution in [0, 0.1) is 0 Å². The Morgan fingerprint density at radius 1 is 1.56 bits per heavy atom. The van der Waals surface area contributed by atoms with Gasteiger partial charge in [-0.05, 0) is 13.3 Å². The second-order valence-corrected chi connectivity index (χ2v) is 6.97. The van der Waals surface area contributed by atoms with Crippen LogP contribution in [0.3, 0.4) is 0 Å². The van der Waals surface area contributed by atoms with Crippen LogP contribution in [0.4, 0.5) is 0 Å². The summed E-state index contributed by atoms with van der Waals surface area (Å²) in [5.74, 6) is 0.257. The number of hydrogen-bond donors (Lipinski definition) is 1. The number of rotatable bonds is 2. The molecule has 0 amide bonds. The standard InChI is InChI=1S/C11H20N2O2S/c1-3-11(2)9-13(6-5-12-11)10-4-7-16(14,15)8-10/h4,7,10,12H,3,5-6,8-9H2,1-2H3. The summed E-state index contributed by atoms with van der Waals surface area (Å²) in [4.78, 5) is 2.28. The van der Waals surface area contributed by atoms with E-state index in [1.165, 1.54) is 5.41 Å². The molecule has 1 N–H and O–H groups in total. The summed E-state index contributed by atoms with van der Waals surface area (Å²) < 4.78 is 22.8. The van der Waals surface area contributed by atoms with Gasteiger partial charge >= 0.3 is 0 Å². The molecule has 2 aliphatic rings. The van der Waals surface area contributed by atoms with Gasteiger partial charge in [-0.25, -0.2) is 8.42 Å². The molecule has 0 bridgehead atoms. The summed E-state index contributed by atoms with van der Waals surface area (Å²) in [7, 11) is -2.93. The Kier molecular flexibility index (Phi) is 3.11. The topological polar surface area (TPSA) is 49.4 Å². The third kappa shape index (κ3) is 2.47. The van der Waals surface area contributed by atoms with E-state index in [0.717, 1.165) is 26.1 Å². The van der Waals surface area contributed by atoms with Crippen LogP contribution in [0.1, 0.15) is 20.3 Å². The maximum absolute atomic E-state index is 11.4. The van der Waals surface area contributed by atoms with Crippen molar-refractivity contribution in [2.75, 3.05) is 25.4 Å². The quantitative estimate of drug-likeness (QED) is 0.762. The van der Waals surface area contributed by atoms with Crippen LogP contribution < -0.4 is 5.32 Å². The highest BCUT2D eigenvalue weighted by Crippen LogP contribution is 2.21. The Hall–Kier alpha value is -0.390. The van der Waals surface area contributed by atoms with Gasteiger partial charge in [0.2, 0.25) is 0 Å². The smallest absolute Gasteiger partial charge is 0.173 e. The normalized spacial score (nSPS) is 39.0. The van der Waals surface area contributed by atoms with E-state index >= 15 is 0 Å². The average Bonchev–Trinajstić information content (AvgIpc) is 2.59. The van der Waals surface area contributed by atoms with Crippen molar-refractivity contribution in [3.8, 4) is 0 Å². The first kappa shape index (κ1) is 12.1. The second kappa shape index (κ2) is 4.13. The minimum absolute atomic E-state index is 0.0815. The second-order valence-electron chi connectivity index (χ2n) is 5.04. The van der Waals surface area contributed by atoms with Crippen molar-refractivity contribution in [2.45, 2.75) is 31.8 Å². The molecule has 0 spiro atoms. The molecule has 0 aromatic heterocycles. The zero-order valence-corrected chi connectivity index (χ0v) is 10.8. The minimum Gasteiger partial charge on any atom is -0.309 e. The molecule has 0 radical (unpaired) electrons. The highest BCUT2D eigenvalue weighted by Gasteiger charge is 2.34. The minimum atomic E-state index is -2.93. The molecule has 1 fully saturated rings. The molecule has 0 aromatic carbocycles. The number of nitrogens with zero attached hydrogens (tertiary/aromatic N) is 1. The van der Waals surface area contributed by atoms with Crippen LogP contribution in [-0.4, -0.2) is 50.3 Å². The Bertz CT molecular complexity index is 391. The van der Waals surface area contributed by atoms with E-state index in [4.69, 9.17) is 0 Å². The van der Waals surface area contributed by atoms with Gasteiger partial charge in [-0.15, -0.1) is 0 Å². The molecule has 0 saturated carbocycles. The molecule has 2 heterocycles. The van der Waals surface area contributed by atoms with Gasteiger partial charge in [-0.1, -0.05) is 13.0 Å². The first-order chi connectivity index (χ1) is 7.44. The van der Waals surface area contributed by atoms with Crippen molar-refractivity contribution >= 4 is 9.84 Å². The average molecular weight is 244 g/mol. The maximum atomic E-state index is 11.4. The molecule has 4 nitrogen and oxygen atoms in total. The molecule has 2 unspecified atom stereocenters. The zero-order chi connectivity index (χ0) is 11.8. The first-order valence-electron chi connectivity index (χ1n) is 5.84. The third-order valence-corrected chi connectivity index (χ3v) is 5.04. The molecule has 1 saturated heterocycles. The van der Waals surface area contributed by atoms with E-state index in [1.54, 1.807) is 0 Å². The fraction of sp³-hybridized carbons (Fsp3) is 0.818. The van der Waals surface area contributed by atoms with Gasteiger partial charge in [-0.2, -0.15) is 0 Å². The van der Waals surface area contributed by atoms with Crippen LogP contribution in [0.5, 0.6) is 0 Å². The van der Waals surface area contributed by atoms with E-state index in [0.29, 0.717) is 0 Å². The van der Waals surface area contributed by atoms with E-state index in [-0.39, 0.29) is 17.3 Å². The van der Waals surface area contributed by atoms with E-state index in [1.807, 2.05) is 6.08 Å². The fourth-order valence-corrected chi connectivity index (χ4v) is 3.72. The summed E-state index contributed by atoms with van der Waals surface area (Å²) in [6, 6.07) is 0.0815. The van der Waals surface area contributed by atoms with Crippen molar-refractivity contribution in [2.24, 2.45) is 0 Å². The summed E-state index contributed by atoms with van der Waals surface area (Å²) in [6.45, 7) is 7.16. The van der Waals surface area contributed by atoms with Gasteiger partial charge in [0.25, 0.3) is 0 Å². The van der Waals surface area contributed by atoms with Crippen molar-refractivity contribution in [3.05, 3.63) is 11.5 Å². The lowest BCUT2D eigenvalue weighted by Gasteiger charge is -2.43. The van der Waals surface area contributed by atoms with Crippen molar-refractivity contribution < 1.29 is 8.42 Å². The van der Waals surface area contributed by atoms with Crippen LogP contribution in [0.15, 0.2) is 11.5 Å². The molecular weight excluding hydrogens is 224 g/mol. The van der Waals surface area contributed by atoms with Crippen LogP contribution >= 0.6 is 0 Å². The monoisotopic (exact) mass is 244 g/mol. The van der Waals surface area contributed by atoms with Crippen molar-refractivity contribution in [1.29, 1.82) is 0 Å². The van der Waals surface area contributed by atoms with Crippen LogP contribution in [0.25, 0.3) is 0 Å². The highest BCUT2D eigenvalue weighted by atomic mass is 32.2. The lowest BCUT2D eigenvalue weighted by atomic mass is 9.95. The Balaban J connectivity index is 2.04. The highest BCUT2D eigenvalue weighted by molar-refractivity contribution is 7.94. The Labute approximate surface area is 97.6 Å². The lowest BCUT2D eigenvalue weighted by molar-refractivity contribution is 0.124. The third-order valence-electron chi connectivity index (χ3n) is 3.66. The molecule has 16 heavy (non-hydrogen) atoms. The largest absolute Gasteiger partial charge is 0.309 e. The SMILES string of the molecule is CCC1(C)CN(C2C=CS(=O)(=O)C2)CCN1. The van der Waals surface area contributed by atoms with Gasteiger partial charge in [-0.3, -0.25) is 4.90 Å². The molecule has 92 valence electrons. The lowest BCUT2D eigenvalue weighted by Crippen LogP contribution is -2.60. The maximum Gasteiger partial charge on any atom is 0.173 e. The summed E-state index contributed by atoms with van der Waals surface area (Å²) in [6.07, 6.45) is 2.89. The Morgan fingerprint density at radius 2 is 2.31 bits per heavy atom. The molecule has 0 aliphatic carbocycles.